The van der Waals surface area contributed by atoms with Gasteiger partial charge < -0.3 is 15.4 Å². The first-order valence-electron chi connectivity index (χ1n) is 12.6. The van der Waals surface area contributed by atoms with E-state index in [1.165, 1.54) is 12.1 Å². The van der Waals surface area contributed by atoms with Crippen molar-refractivity contribution in [2.24, 2.45) is 0 Å². The van der Waals surface area contributed by atoms with Crippen LogP contribution >= 0.6 is 11.6 Å². The second-order valence-electron chi connectivity index (χ2n) is 9.55. The van der Waals surface area contributed by atoms with Crippen LogP contribution in [0.4, 0.5) is 10.3 Å². The quantitative estimate of drug-likeness (QED) is 0.293. The van der Waals surface area contributed by atoms with E-state index in [1.54, 1.807) is 36.3 Å². The molecule has 0 saturated carbocycles. The molecule has 10 heteroatoms. The standard InChI is InChI=1S/C28H30ClFN6O2/c1-17(16-38-2)33-28-32-12-9-24(34-28)20-13-22(19-7-10-31-11-8-19)26(29)25(14-20)36-15-23(27(37)35-36)18-3-5-21(30)6-4-18/h3-6,9,12-15,17,19,31H,7-8,10-11,16H2,1-2H3,(H,35,37)(H,32,33,34). The van der Waals surface area contributed by atoms with E-state index in [1.807, 2.05) is 19.1 Å². The Bertz CT molecular complexity index is 1460. The predicted molar refractivity (Wildman–Crippen MR) is 148 cm³/mol. The minimum atomic E-state index is -0.359. The van der Waals surface area contributed by atoms with Gasteiger partial charge in [0.2, 0.25) is 5.95 Å². The van der Waals surface area contributed by atoms with E-state index in [0.717, 1.165) is 42.8 Å². The number of hydrogen-bond acceptors (Lipinski definition) is 6. The lowest BCUT2D eigenvalue weighted by molar-refractivity contribution is 0.190. The normalized spacial score (nSPS) is 14.9. The first-order valence-corrected chi connectivity index (χ1v) is 13.0. The van der Waals surface area contributed by atoms with Gasteiger partial charge in [-0.05, 0) is 80.2 Å². The van der Waals surface area contributed by atoms with Crippen molar-refractivity contribution in [3.8, 4) is 28.1 Å². The number of ether oxygens (including phenoxy) is 1. The number of H-pyrrole nitrogens is 1. The van der Waals surface area contributed by atoms with Crippen molar-refractivity contribution in [2.75, 3.05) is 32.1 Å². The Morgan fingerprint density at radius 1 is 1.18 bits per heavy atom. The number of benzene rings is 2. The molecule has 1 fully saturated rings. The Morgan fingerprint density at radius 3 is 2.68 bits per heavy atom. The minimum absolute atomic E-state index is 0.0381. The van der Waals surface area contributed by atoms with Gasteiger partial charge in [0.25, 0.3) is 5.56 Å². The van der Waals surface area contributed by atoms with Gasteiger partial charge >= 0.3 is 0 Å². The molecule has 0 radical (unpaired) electrons. The molecule has 4 aromatic rings. The van der Waals surface area contributed by atoms with Crippen LogP contribution in [0.1, 0.15) is 31.2 Å². The molecule has 1 aliphatic heterocycles. The van der Waals surface area contributed by atoms with Crippen molar-refractivity contribution in [3.05, 3.63) is 81.6 Å². The van der Waals surface area contributed by atoms with Crippen LogP contribution in [0, 0.1) is 5.82 Å². The summed E-state index contributed by atoms with van der Waals surface area (Å²) in [6.07, 6.45) is 5.33. The van der Waals surface area contributed by atoms with Gasteiger partial charge in [-0.25, -0.2) is 14.4 Å². The molecule has 0 spiro atoms. The van der Waals surface area contributed by atoms with Crippen LogP contribution in [0.25, 0.3) is 28.1 Å². The highest BCUT2D eigenvalue weighted by Gasteiger charge is 2.23. The number of hydrogen-bond donors (Lipinski definition) is 3. The molecule has 2 aromatic heterocycles. The molecule has 0 bridgehead atoms. The highest BCUT2D eigenvalue weighted by Crippen LogP contribution is 2.38. The Balaban J connectivity index is 1.60. The minimum Gasteiger partial charge on any atom is -0.383 e. The molecule has 1 aliphatic rings. The van der Waals surface area contributed by atoms with Crippen LogP contribution in [0.5, 0.6) is 0 Å². The number of halogens is 2. The van der Waals surface area contributed by atoms with Gasteiger partial charge in [-0.2, -0.15) is 0 Å². The van der Waals surface area contributed by atoms with Crippen molar-refractivity contribution >= 4 is 17.5 Å². The second-order valence-corrected chi connectivity index (χ2v) is 9.93. The number of piperidine rings is 1. The number of anilines is 1. The molecule has 3 heterocycles. The van der Waals surface area contributed by atoms with E-state index >= 15 is 0 Å². The SMILES string of the molecule is COCC(C)Nc1nccc(-c2cc(C3CCNCC3)c(Cl)c(-n3cc(-c4ccc(F)cc4)c(=O)[nH]3)c2)n1. The van der Waals surface area contributed by atoms with Crippen LogP contribution in [0.15, 0.2) is 59.7 Å². The molecule has 3 N–H and O–H groups in total. The molecule has 1 saturated heterocycles. The highest BCUT2D eigenvalue weighted by molar-refractivity contribution is 6.33. The fourth-order valence-corrected chi connectivity index (χ4v) is 5.19. The topological polar surface area (TPSA) is 96.9 Å². The van der Waals surface area contributed by atoms with Crippen LogP contribution in [0.3, 0.4) is 0 Å². The summed E-state index contributed by atoms with van der Waals surface area (Å²) in [7, 11) is 1.65. The molecule has 0 amide bonds. The summed E-state index contributed by atoms with van der Waals surface area (Å²) in [6, 6.07) is 11.7. The molecule has 5 rings (SSSR count). The van der Waals surface area contributed by atoms with Gasteiger partial charge in [-0.1, -0.05) is 23.7 Å². The molecular weight excluding hydrogens is 507 g/mol. The summed E-state index contributed by atoms with van der Waals surface area (Å²) < 4.78 is 20.3. The van der Waals surface area contributed by atoms with Crippen LogP contribution in [-0.4, -0.2) is 52.6 Å². The summed E-state index contributed by atoms with van der Waals surface area (Å²) in [4.78, 5) is 22.0. The Hall–Kier alpha value is -3.53. The average molecular weight is 537 g/mol. The highest BCUT2D eigenvalue weighted by atomic mass is 35.5. The predicted octanol–water partition coefficient (Wildman–Crippen LogP) is 5.00. The molecule has 38 heavy (non-hydrogen) atoms. The lowest BCUT2D eigenvalue weighted by Crippen LogP contribution is -2.27. The zero-order valence-electron chi connectivity index (χ0n) is 21.3. The molecular formula is C28H30ClFN6O2. The Kier molecular flexibility index (Phi) is 7.87. The third-order valence-corrected chi connectivity index (χ3v) is 7.16. The van der Waals surface area contributed by atoms with Gasteiger partial charge in [0, 0.05) is 31.1 Å². The van der Waals surface area contributed by atoms with Crippen LogP contribution in [-0.2, 0) is 4.74 Å². The molecule has 0 aliphatic carbocycles. The number of aromatic nitrogens is 4. The monoisotopic (exact) mass is 536 g/mol. The zero-order chi connectivity index (χ0) is 26.6. The molecule has 1 atom stereocenters. The summed E-state index contributed by atoms with van der Waals surface area (Å²) in [5.41, 5.74) is 4.00. The summed E-state index contributed by atoms with van der Waals surface area (Å²) >= 11 is 7.03. The number of aromatic amines is 1. The Morgan fingerprint density at radius 2 is 1.95 bits per heavy atom. The van der Waals surface area contributed by atoms with Crippen molar-refractivity contribution in [1.29, 1.82) is 0 Å². The van der Waals surface area contributed by atoms with E-state index < -0.39 is 0 Å². The van der Waals surface area contributed by atoms with E-state index in [-0.39, 0.29) is 23.3 Å². The van der Waals surface area contributed by atoms with Gasteiger partial charge in [-0.15, -0.1) is 0 Å². The van der Waals surface area contributed by atoms with Gasteiger partial charge in [0.05, 0.1) is 28.6 Å². The lowest BCUT2D eigenvalue weighted by Gasteiger charge is -2.25. The van der Waals surface area contributed by atoms with E-state index in [4.69, 9.17) is 21.3 Å². The number of methoxy groups -OCH3 is 1. The fourth-order valence-electron chi connectivity index (χ4n) is 4.84. The number of rotatable bonds is 8. The van der Waals surface area contributed by atoms with Crippen molar-refractivity contribution in [2.45, 2.75) is 31.7 Å². The van der Waals surface area contributed by atoms with E-state index in [2.05, 4.69) is 26.8 Å². The first-order chi connectivity index (χ1) is 18.4. The van der Waals surface area contributed by atoms with Crippen molar-refractivity contribution < 1.29 is 9.13 Å². The van der Waals surface area contributed by atoms with E-state index in [9.17, 15) is 9.18 Å². The third-order valence-electron chi connectivity index (χ3n) is 6.74. The van der Waals surface area contributed by atoms with E-state index in [0.29, 0.717) is 34.4 Å². The number of nitrogens with zero attached hydrogens (tertiary/aromatic N) is 3. The molecule has 1 unspecified atom stereocenters. The van der Waals surface area contributed by atoms with Gasteiger partial charge in [-0.3, -0.25) is 14.6 Å². The molecule has 198 valence electrons. The summed E-state index contributed by atoms with van der Waals surface area (Å²) in [6.45, 7) is 4.34. The first kappa shape index (κ1) is 26.1. The molecule has 8 nitrogen and oxygen atoms in total. The second kappa shape index (κ2) is 11.5. The van der Waals surface area contributed by atoms with Crippen molar-refractivity contribution in [3.63, 3.8) is 0 Å². The maximum absolute atomic E-state index is 13.5. The van der Waals surface area contributed by atoms with Crippen molar-refractivity contribution in [1.82, 2.24) is 25.1 Å². The summed E-state index contributed by atoms with van der Waals surface area (Å²) in [5.74, 6) is 0.407. The summed E-state index contributed by atoms with van der Waals surface area (Å²) in [5, 5.41) is 10.1. The van der Waals surface area contributed by atoms with Gasteiger partial charge in [0.1, 0.15) is 5.82 Å². The lowest BCUT2D eigenvalue weighted by atomic mass is 9.88. The maximum atomic E-state index is 13.5. The smallest absolute Gasteiger partial charge is 0.272 e. The Labute approximate surface area is 225 Å². The third kappa shape index (κ3) is 5.65. The fraction of sp³-hybridized carbons (Fsp3) is 0.321. The molecule has 2 aromatic carbocycles. The van der Waals surface area contributed by atoms with Crippen LogP contribution in [0.2, 0.25) is 5.02 Å². The number of nitrogens with one attached hydrogen (secondary N) is 3. The zero-order valence-corrected chi connectivity index (χ0v) is 22.1. The largest absolute Gasteiger partial charge is 0.383 e. The maximum Gasteiger partial charge on any atom is 0.272 e. The average Bonchev–Trinajstić information content (AvgIpc) is 3.31. The van der Waals surface area contributed by atoms with Gasteiger partial charge in [0.15, 0.2) is 0 Å². The van der Waals surface area contributed by atoms with Crippen LogP contribution < -0.4 is 16.2 Å².